The number of amides is 2. The highest BCUT2D eigenvalue weighted by atomic mass is 35.5. The fourth-order valence-corrected chi connectivity index (χ4v) is 7.64. The number of carbonyl (C=O) groups excluding carboxylic acids is 4. The molecular weight excluding hydrogens is 722 g/mol. The van der Waals surface area contributed by atoms with Crippen molar-refractivity contribution in [2.75, 3.05) is 38.3 Å². The molecule has 0 spiro atoms. The second-order valence-corrected chi connectivity index (χ2v) is 14.4. The van der Waals surface area contributed by atoms with Crippen LogP contribution in [0.3, 0.4) is 0 Å². The van der Waals surface area contributed by atoms with Crippen molar-refractivity contribution in [2.24, 2.45) is 10.6 Å². The highest BCUT2D eigenvalue weighted by Crippen LogP contribution is 2.42. The number of aromatic nitrogens is 5. The molecule has 3 N–H and O–H groups in total. The summed E-state index contributed by atoms with van der Waals surface area (Å²) in [6.45, 7) is 6.40. The van der Waals surface area contributed by atoms with Crippen molar-refractivity contribution in [2.45, 2.75) is 50.7 Å². The van der Waals surface area contributed by atoms with Crippen LogP contribution in [0.2, 0.25) is 0 Å². The lowest BCUT2D eigenvalue weighted by atomic mass is 9.98. The van der Waals surface area contributed by atoms with E-state index in [0.717, 1.165) is 11.3 Å². The molecule has 1 fully saturated rings. The summed E-state index contributed by atoms with van der Waals surface area (Å²) >= 11 is 3.85. The molecule has 17 nitrogen and oxygen atoms in total. The number of oxime groups is 1. The molecule has 0 radical (unpaired) electrons. The van der Waals surface area contributed by atoms with E-state index in [1.54, 1.807) is 37.8 Å². The summed E-state index contributed by atoms with van der Waals surface area (Å²) in [5.41, 5.74) is 6.24. The Morgan fingerprint density at radius 3 is 2.59 bits per heavy atom. The first kappa shape index (κ1) is 37.8. The maximum atomic E-state index is 13.6. The number of nitrogen functional groups attached to an aromatic ring is 1. The van der Waals surface area contributed by atoms with Crippen molar-refractivity contribution < 1.29 is 38.2 Å². The number of nitrogens with two attached hydrogens (primary N) is 1. The quantitative estimate of drug-likeness (QED) is 0.0514. The number of ether oxygens (including phenoxy) is 3. The predicted octanol–water partition coefficient (Wildman–Crippen LogP) is 1.93. The van der Waals surface area contributed by atoms with E-state index in [4.69, 9.17) is 24.8 Å². The van der Waals surface area contributed by atoms with Gasteiger partial charge >= 0.3 is 11.9 Å². The summed E-state index contributed by atoms with van der Waals surface area (Å²) in [6.07, 6.45) is 0. The van der Waals surface area contributed by atoms with Crippen molar-refractivity contribution in [1.82, 2.24) is 34.8 Å². The summed E-state index contributed by atoms with van der Waals surface area (Å²) in [7, 11) is 2.82. The van der Waals surface area contributed by atoms with Gasteiger partial charge in [-0.3, -0.25) is 19.3 Å². The van der Waals surface area contributed by atoms with Gasteiger partial charge in [-0.15, -0.1) is 52.4 Å². The Bertz CT molecular complexity index is 1820. The molecule has 3 aromatic heterocycles. The van der Waals surface area contributed by atoms with Crippen LogP contribution < -0.4 is 11.1 Å². The van der Waals surface area contributed by atoms with E-state index in [1.165, 1.54) is 35.5 Å². The Kier molecular flexibility index (Phi) is 12.1. The normalized spacial score (nSPS) is 17.6. The van der Waals surface area contributed by atoms with Gasteiger partial charge in [-0.25, -0.2) is 14.8 Å². The Balaban J connectivity index is 0.00000541. The number of methoxy groups -OCH3 is 1. The van der Waals surface area contributed by atoms with Crippen LogP contribution in [0.1, 0.15) is 38.0 Å². The Labute approximate surface area is 299 Å². The Morgan fingerprint density at radius 2 is 1.94 bits per heavy atom. The molecule has 2 aliphatic rings. The van der Waals surface area contributed by atoms with E-state index in [2.05, 4.69) is 30.5 Å². The average molecular weight is 756 g/mol. The second kappa shape index (κ2) is 15.7. The van der Waals surface area contributed by atoms with Gasteiger partial charge in [0.15, 0.2) is 16.7 Å². The average Bonchev–Trinajstić information content (AvgIpc) is 3.65. The Morgan fingerprint density at radius 1 is 1.18 bits per heavy atom. The number of rotatable bonds is 12. The third-order valence-electron chi connectivity index (χ3n) is 6.80. The number of halogens is 1. The second-order valence-electron chi connectivity index (χ2n) is 11.4. The molecule has 5 rings (SSSR count). The number of hydrogen-bond acceptors (Lipinski definition) is 17. The van der Waals surface area contributed by atoms with Gasteiger partial charge in [0.1, 0.15) is 41.5 Å². The van der Waals surface area contributed by atoms with Gasteiger partial charge in [0.25, 0.3) is 17.6 Å². The molecule has 0 bridgehead atoms. The molecule has 0 aromatic carbocycles. The minimum absolute atomic E-state index is 0. The van der Waals surface area contributed by atoms with E-state index >= 15 is 0 Å². The lowest BCUT2D eigenvalue weighted by molar-refractivity contribution is -0.173. The smallest absolute Gasteiger partial charge is 0.357 e. The molecule has 1 unspecified atom stereocenters. The van der Waals surface area contributed by atoms with Crippen LogP contribution in [0.25, 0.3) is 5.78 Å². The number of carbonyl (C=O) groups is 4. The summed E-state index contributed by atoms with van der Waals surface area (Å²) < 4.78 is 17.2. The number of esters is 2. The summed E-state index contributed by atoms with van der Waals surface area (Å²) in [4.78, 5) is 71.7. The van der Waals surface area contributed by atoms with Crippen molar-refractivity contribution in [3.8, 4) is 0 Å². The van der Waals surface area contributed by atoms with E-state index in [9.17, 15) is 19.2 Å². The molecule has 2 atom stereocenters. The van der Waals surface area contributed by atoms with Crippen molar-refractivity contribution in [3.63, 3.8) is 0 Å². The van der Waals surface area contributed by atoms with Crippen LogP contribution in [0.15, 0.2) is 32.9 Å². The fraction of sp³-hybridized carbons (Fsp3) is 0.464. The number of aryl methyl sites for hydroxylation is 1. The van der Waals surface area contributed by atoms with Crippen LogP contribution in [0.5, 0.6) is 0 Å². The van der Waals surface area contributed by atoms with Crippen LogP contribution in [-0.2, 0) is 44.8 Å². The number of nitrogens with zero attached hydrogens (tertiary/aromatic N) is 7. The zero-order valence-corrected chi connectivity index (χ0v) is 30.5. The van der Waals surface area contributed by atoms with Gasteiger partial charge in [-0.1, -0.05) is 5.16 Å². The molecule has 21 heteroatoms. The van der Waals surface area contributed by atoms with Crippen LogP contribution >= 0.6 is 47.3 Å². The van der Waals surface area contributed by atoms with Gasteiger partial charge < -0.3 is 30.1 Å². The van der Waals surface area contributed by atoms with E-state index in [0.29, 0.717) is 33.6 Å². The van der Waals surface area contributed by atoms with E-state index in [-0.39, 0.29) is 47.0 Å². The highest BCUT2D eigenvalue weighted by Gasteiger charge is 2.54. The highest BCUT2D eigenvalue weighted by molar-refractivity contribution is 8.01. The zero-order chi connectivity index (χ0) is 34.7. The number of thiazole rings is 1. The Hall–Kier alpha value is -3.98. The van der Waals surface area contributed by atoms with E-state index in [1.807, 2.05) is 13.0 Å². The maximum absolute atomic E-state index is 13.6. The van der Waals surface area contributed by atoms with Crippen molar-refractivity contribution in [3.05, 3.63) is 39.9 Å². The van der Waals surface area contributed by atoms with E-state index < -0.39 is 47.4 Å². The molecule has 2 amide bonds. The van der Waals surface area contributed by atoms with Gasteiger partial charge in [-0.2, -0.15) is 9.50 Å². The topological polar surface area (TPSA) is 215 Å². The molecule has 2 aliphatic heterocycles. The van der Waals surface area contributed by atoms with Gasteiger partial charge in [-0.05, 0) is 39.3 Å². The summed E-state index contributed by atoms with van der Waals surface area (Å²) in [5, 5.41) is 12.8. The summed E-state index contributed by atoms with van der Waals surface area (Å²) in [5.74, 6) is -1.23. The third kappa shape index (κ3) is 8.26. The third-order valence-corrected chi connectivity index (χ3v) is 9.89. The molecule has 0 saturated carbocycles. The van der Waals surface area contributed by atoms with Gasteiger partial charge in [0.05, 0.1) is 5.41 Å². The standard InChI is InChI=1S/C28H33N9O8S3.ClH/c1-13-7-17(37-27(30-13)32-16(34-37)8-42-5)46-9-14-10-47-23-19(33-21(38)18(35-43-6)15-11-48-26(29)31-15)22(39)36(23)20(14)24(40)44-12-45-25(41)28(2,3)4;/h7,11,19,23H,8-10,12H2,1-6H3,(H2,29,31)(H,33,38);1H/t19?,23-;/m1./s1. The first-order chi connectivity index (χ1) is 22.8. The first-order valence-corrected chi connectivity index (χ1v) is 17.2. The molecule has 3 aromatic rings. The zero-order valence-electron chi connectivity index (χ0n) is 27.2. The number of hydrogen-bond donors (Lipinski definition) is 2. The minimum atomic E-state index is -0.993. The largest absolute Gasteiger partial charge is 0.427 e. The molecule has 1 saturated heterocycles. The van der Waals surface area contributed by atoms with Crippen molar-refractivity contribution in [1.29, 1.82) is 0 Å². The number of thioether (sulfide) groups is 2. The number of β-lactam (4-membered cyclic amide) rings is 1. The molecular formula is C28H34ClN9O8S3. The molecule has 49 heavy (non-hydrogen) atoms. The van der Waals surface area contributed by atoms with Gasteiger partial charge in [0.2, 0.25) is 6.79 Å². The van der Waals surface area contributed by atoms with Crippen LogP contribution in [-0.4, -0.2) is 103 Å². The lowest BCUT2D eigenvalue weighted by Crippen LogP contribution is -2.71. The predicted molar refractivity (Wildman–Crippen MR) is 183 cm³/mol. The number of anilines is 1. The van der Waals surface area contributed by atoms with Gasteiger partial charge in [0, 0.05) is 29.7 Å². The van der Waals surface area contributed by atoms with Crippen molar-refractivity contribution >= 4 is 87.6 Å². The SMILES string of the molecule is COCc1nc2nc(C)cc(SCC3=C(C(=O)OCOC(=O)C(C)(C)C)N4C(=O)C(NC(=O)C(=NOC)c5csc(N)n5)[C@H]4SC3)n2n1.Cl. The minimum Gasteiger partial charge on any atom is -0.427 e. The number of nitrogens with one attached hydrogen (secondary N) is 1. The molecule has 264 valence electrons. The maximum Gasteiger partial charge on any atom is 0.357 e. The molecule has 0 aliphatic carbocycles. The summed E-state index contributed by atoms with van der Waals surface area (Å²) in [6, 6.07) is 0.842. The number of fused-ring (bicyclic) bond motifs is 2. The van der Waals surface area contributed by atoms with Crippen LogP contribution in [0.4, 0.5) is 5.13 Å². The monoisotopic (exact) mass is 755 g/mol. The first-order valence-electron chi connectivity index (χ1n) is 14.3. The van der Waals surface area contributed by atoms with Crippen LogP contribution in [0, 0.1) is 12.3 Å². The lowest BCUT2D eigenvalue weighted by Gasteiger charge is -2.49. The molecule has 5 heterocycles. The fourth-order valence-electron chi connectivity index (χ4n) is 4.56.